The third kappa shape index (κ3) is 2.95. The molecule has 2 aromatic rings. The van der Waals surface area contributed by atoms with Crippen molar-refractivity contribution < 1.29 is 4.42 Å². The molecule has 1 aromatic heterocycles. The third-order valence-electron chi connectivity index (χ3n) is 2.21. The van der Waals surface area contributed by atoms with Gasteiger partial charge in [0.15, 0.2) is 0 Å². The summed E-state index contributed by atoms with van der Waals surface area (Å²) in [6.07, 6.45) is 4.43. The van der Waals surface area contributed by atoms with E-state index in [4.69, 9.17) is 4.42 Å². The molecular formula is C12H10Br2O. The van der Waals surface area contributed by atoms with Crippen LogP contribution in [0.15, 0.2) is 51.7 Å². The lowest BCUT2D eigenvalue weighted by Crippen LogP contribution is -1.93. The molecule has 0 aliphatic rings. The van der Waals surface area contributed by atoms with Gasteiger partial charge in [-0.2, -0.15) is 0 Å². The van der Waals surface area contributed by atoms with Crippen LogP contribution in [0.3, 0.4) is 0 Å². The van der Waals surface area contributed by atoms with E-state index in [1.807, 2.05) is 12.1 Å². The van der Waals surface area contributed by atoms with Gasteiger partial charge in [0.25, 0.3) is 0 Å². The van der Waals surface area contributed by atoms with Crippen LogP contribution in [0.2, 0.25) is 0 Å². The van der Waals surface area contributed by atoms with E-state index in [2.05, 4.69) is 50.1 Å². The number of rotatable bonds is 3. The second-order valence-electron chi connectivity index (χ2n) is 3.36. The van der Waals surface area contributed by atoms with Crippen molar-refractivity contribution in [2.75, 3.05) is 0 Å². The summed E-state index contributed by atoms with van der Waals surface area (Å²) in [5.41, 5.74) is 2.47. The van der Waals surface area contributed by atoms with Crippen molar-refractivity contribution in [1.29, 1.82) is 0 Å². The smallest absolute Gasteiger partial charge is 0.0946 e. The van der Waals surface area contributed by atoms with Gasteiger partial charge in [-0.15, -0.1) is 0 Å². The van der Waals surface area contributed by atoms with E-state index in [9.17, 15) is 0 Å². The topological polar surface area (TPSA) is 13.1 Å². The van der Waals surface area contributed by atoms with Crippen LogP contribution >= 0.6 is 31.9 Å². The zero-order valence-corrected chi connectivity index (χ0v) is 11.2. The Morgan fingerprint density at radius 2 is 2.13 bits per heavy atom. The second kappa shape index (κ2) is 4.99. The first kappa shape index (κ1) is 11.0. The summed E-state index contributed by atoms with van der Waals surface area (Å²) in [5.74, 6) is 0. The molecule has 0 aliphatic carbocycles. The summed E-state index contributed by atoms with van der Waals surface area (Å²) in [6, 6.07) is 10.3. The average molecular weight is 330 g/mol. The molecule has 0 amide bonds. The van der Waals surface area contributed by atoms with E-state index in [-0.39, 0.29) is 0 Å². The highest BCUT2D eigenvalue weighted by Crippen LogP contribution is 2.28. The van der Waals surface area contributed by atoms with E-state index < -0.39 is 0 Å². The number of benzene rings is 1. The molecule has 0 N–H and O–H groups in total. The molecule has 3 heteroatoms. The molecule has 1 heterocycles. The number of hydrogen-bond donors (Lipinski definition) is 0. The van der Waals surface area contributed by atoms with E-state index in [1.54, 1.807) is 12.5 Å². The number of halogens is 2. The van der Waals surface area contributed by atoms with Crippen LogP contribution in [0, 0.1) is 0 Å². The van der Waals surface area contributed by atoms with Crippen LogP contribution in [-0.4, -0.2) is 0 Å². The van der Waals surface area contributed by atoms with Crippen LogP contribution < -0.4 is 0 Å². The zero-order valence-electron chi connectivity index (χ0n) is 7.99. The number of alkyl halides is 1. The molecule has 1 atom stereocenters. The maximum absolute atomic E-state index is 5.06. The molecule has 0 spiro atoms. The lowest BCUT2D eigenvalue weighted by atomic mass is 10.1. The van der Waals surface area contributed by atoms with E-state index >= 15 is 0 Å². The Hall–Kier alpha value is -0.540. The minimum atomic E-state index is 0.311. The molecule has 78 valence electrons. The summed E-state index contributed by atoms with van der Waals surface area (Å²) >= 11 is 7.12. The summed E-state index contributed by atoms with van der Waals surface area (Å²) < 4.78 is 6.18. The summed E-state index contributed by atoms with van der Waals surface area (Å²) in [6.45, 7) is 0. The maximum Gasteiger partial charge on any atom is 0.0946 e. The zero-order chi connectivity index (χ0) is 10.7. The fourth-order valence-electron chi connectivity index (χ4n) is 1.44. The first-order chi connectivity index (χ1) is 7.25. The Kier molecular flexibility index (Phi) is 3.65. The van der Waals surface area contributed by atoms with Crippen molar-refractivity contribution in [3.63, 3.8) is 0 Å². The highest BCUT2D eigenvalue weighted by Gasteiger charge is 2.09. The fraction of sp³-hybridized carbons (Fsp3) is 0.167. The van der Waals surface area contributed by atoms with Crippen molar-refractivity contribution in [3.05, 3.63) is 58.5 Å². The molecule has 0 aliphatic heterocycles. The fourth-order valence-corrected chi connectivity index (χ4v) is 2.52. The van der Waals surface area contributed by atoms with Gasteiger partial charge in [-0.3, -0.25) is 0 Å². The normalized spacial score (nSPS) is 12.7. The van der Waals surface area contributed by atoms with Crippen molar-refractivity contribution >= 4 is 31.9 Å². The molecule has 1 nitrogen and oxygen atoms in total. The minimum absolute atomic E-state index is 0.311. The molecule has 0 fully saturated rings. The average Bonchev–Trinajstić information content (AvgIpc) is 2.70. The van der Waals surface area contributed by atoms with Gasteiger partial charge in [-0.1, -0.05) is 44.0 Å². The lowest BCUT2D eigenvalue weighted by Gasteiger charge is -2.07. The molecule has 2 rings (SSSR count). The molecule has 15 heavy (non-hydrogen) atoms. The SMILES string of the molecule is Brc1cccc(CC(Br)c2ccoc2)c1. The van der Waals surface area contributed by atoms with Crippen LogP contribution in [0.1, 0.15) is 16.0 Å². The van der Waals surface area contributed by atoms with Crippen molar-refractivity contribution in [3.8, 4) is 0 Å². The second-order valence-corrected chi connectivity index (χ2v) is 5.38. The van der Waals surface area contributed by atoms with Gasteiger partial charge in [-0.05, 0) is 30.2 Å². The van der Waals surface area contributed by atoms with E-state index in [1.165, 1.54) is 11.1 Å². The highest BCUT2D eigenvalue weighted by molar-refractivity contribution is 9.10. The summed E-state index contributed by atoms with van der Waals surface area (Å²) in [5, 5.41) is 0. The number of furan rings is 1. The van der Waals surface area contributed by atoms with Crippen LogP contribution in [0.5, 0.6) is 0 Å². The Morgan fingerprint density at radius 3 is 2.80 bits per heavy atom. The predicted molar refractivity (Wildman–Crippen MR) is 68.2 cm³/mol. The molecule has 1 aromatic carbocycles. The quantitative estimate of drug-likeness (QED) is 0.742. The van der Waals surface area contributed by atoms with Gasteiger partial charge < -0.3 is 4.42 Å². The minimum Gasteiger partial charge on any atom is -0.472 e. The van der Waals surface area contributed by atoms with Crippen molar-refractivity contribution in [2.24, 2.45) is 0 Å². The van der Waals surface area contributed by atoms with Crippen LogP contribution in [0.25, 0.3) is 0 Å². The first-order valence-electron chi connectivity index (χ1n) is 4.66. The maximum atomic E-state index is 5.06. The van der Waals surface area contributed by atoms with Crippen LogP contribution in [-0.2, 0) is 6.42 Å². The summed E-state index contributed by atoms with van der Waals surface area (Å²) in [4.78, 5) is 0.311. The monoisotopic (exact) mass is 328 g/mol. The molecule has 0 bridgehead atoms. The van der Waals surface area contributed by atoms with Gasteiger partial charge in [0.2, 0.25) is 0 Å². The molecular weight excluding hydrogens is 320 g/mol. The van der Waals surface area contributed by atoms with Gasteiger partial charge in [0.1, 0.15) is 0 Å². The predicted octanol–water partition coefficient (Wildman–Crippen LogP) is 4.72. The first-order valence-corrected chi connectivity index (χ1v) is 6.37. The van der Waals surface area contributed by atoms with E-state index in [0.717, 1.165) is 10.9 Å². The third-order valence-corrected chi connectivity index (χ3v) is 3.55. The molecule has 1 unspecified atom stereocenters. The molecule has 0 saturated carbocycles. The van der Waals surface area contributed by atoms with Gasteiger partial charge in [0.05, 0.1) is 12.5 Å². The Bertz CT molecular complexity index is 423. The number of hydrogen-bond acceptors (Lipinski definition) is 1. The molecule has 0 radical (unpaired) electrons. The van der Waals surface area contributed by atoms with Crippen molar-refractivity contribution in [1.82, 2.24) is 0 Å². The van der Waals surface area contributed by atoms with Crippen molar-refractivity contribution in [2.45, 2.75) is 11.2 Å². The van der Waals surface area contributed by atoms with Gasteiger partial charge in [0, 0.05) is 14.9 Å². The largest absolute Gasteiger partial charge is 0.472 e. The molecule has 0 saturated heterocycles. The van der Waals surface area contributed by atoms with Crippen LogP contribution in [0.4, 0.5) is 0 Å². The Balaban J connectivity index is 2.09. The summed E-state index contributed by atoms with van der Waals surface area (Å²) in [7, 11) is 0. The standard InChI is InChI=1S/C12H10Br2O/c13-11-3-1-2-9(6-11)7-12(14)10-4-5-15-8-10/h1-6,8,12H,7H2. The van der Waals surface area contributed by atoms with Gasteiger partial charge >= 0.3 is 0 Å². The Labute approximate surface area is 106 Å². The highest BCUT2D eigenvalue weighted by atomic mass is 79.9. The Morgan fingerprint density at radius 1 is 1.27 bits per heavy atom. The lowest BCUT2D eigenvalue weighted by molar-refractivity contribution is 0.563. The van der Waals surface area contributed by atoms with Gasteiger partial charge in [-0.25, -0.2) is 0 Å². The van der Waals surface area contributed by atoms with E-state index in [0.29, 0.717) is 4.83 Å².